The van der Waals surface area contributed by atoms with E-state index in [1.807, 2.05) is 35.1 Å². The van der Waals surface area contributed by atoms with Gasteiger partial charge in [-0.3, -0.25) is 8.89 Å². The molecule has 0 saturated carbocycles. The number of anilines is 1. The second-order valence-corrected chi connectivity index (χ2v) is 6.20. The van der Waals surface area contributed by atoms with Crippen LogP contribution in [0.25, 0.3) is 0 Å². The van der Waals surface area contributed by atoms with Crippen molar-refractivity contribution in [3.8, 4) is 0 Å². The van der Waals surface area contributed by atoms with Crippen LogP contribution in [0.4, 0.5) is 5.69 Å². The molecule has 0 aliphatic carbocycles. The molecule has 5 heteroatoms. The molecule has 0 aliphatic rings. The quantitative estimate of drug-likeness (QED) is 0.832. The SMILES string of the molecule is CCC(CC)n1ccc(CS(=O)c2ccccc2N)n1. The molecular weight excluding hydrogens is 270 g/mol. The second-order valence-electron chi connectivity index (χ2n) is 4.79. The van der Waals surface area contributed by atoms with Gasteiger partial charge in [0.15, 0.2) is 0 Å². The van der Waals surface area contributed by atoms with Crippen LogP contribution in [-0.2, 0) is 16.6 Å². The van der Waals surface area contributed by atoms with Gasteiger partial charge >= 0.3 is 0 Å². The van der Waals surface area contributed by atoms with Crippen molar-refractivity contribution in [3.05, 3.63) is 42.2 Å². The Kier molecular flexibility index (Phi) is 4.95. The van der Waals surface area contributed by atoms with Gasteiger partial charge in [-0.2, -0.15) is 5.10 Å². The topological polar surface area (TPSA) is 60.9 Å². The number of nitrogens with zero attached hydrogens (tertiary/aromatic N) is 2. The largest absolute Gasteiger partial charge is 0.398 e. The second kappa shape index (κ2) is 6.70. The van der Waals surface area contributed by atoms with Crippen LogP contribution in [0, 0.1) is 0 Å². The summed E-state index contributed by atoms with van der Waals surface area (Å²) in [5, 5.41) is 4.53. The smallest absolute Gasteiger partial charge is 0.0753 e. The van der Waals surface area contributed by atoms with E-state index < -0.39 is 10.8 Å². The fraction of sp³-hybridized carbons (Fsp3) is 0.400. The molecule has 1 atom stereocenters. The molecule has 1 unspecified atom stereocenters. The van der Waals surface area contributed by atoms with Crippen molar-refractivity contribution in [1.82, 2.24) is 9.78 Å². The van der Waals surface area contributed by atoms with Gasteiger partial charge in [0.25, 0.3) is 0 Å². The first-order valence-electron chi connectivity index (χ1n) is 6.92. The van der Waals surface area contributed by atoms with Crippen molar-refractivity contribution in [2.45, 2.75) is 43.4 Å². The van der Waals surface area contributed by atoms with Crippen molar-refractivity contribution < 1.29 is 4.21 Å². The Hall–Kier alpha value is -1.62. The first kappa shape index (κ1) is 14.8. The maximum Gasteiger partial charge on any atom is 0.0753 e. The zero-order valence-corrected chi connectivity index (χ0v) is 12.8. The molecular formula is C15H21N3OS. The number of para-hydroxylation sites is 1. The highest BCUT2D eigenvalue weighted by Crippen LogP contribution is 2.19. The van der Waals surface area contributed by atoms with Crippen LogP contribution in [0.5, 0.6) is 0 Å². The van der Waals surface area contributed by atoms with E-state index in [4.69, 9.17) is 5.73 Å². The summed E-state index contributed by atoms with van der Waals surface area (Å²) in [6.45, 7) is 4.30. The summed E-state index contributed by atoms with van der Waals surface area (Å²) in [5.41, 5.74) is 7.27. The van der Waals surface area contributed by atoms with Gasteiger partial charge in [0, 0.05) is 11.9 Å². The third-order valence-electron chi connectivity index (χ3n) is 3.42. The molecule has 0 bridgehead atoms. The Balaban J connectivity index is 2.11. The number of benzene rings is 1. The monoisotopic (exact) mass is 291 g/mol. The van der Waals surface area contributed by atoms with Crippen LogP contribution in [0.15, 0.2) is 41.4 Å². The molecule has 2 aromatic rings. The van der Waals surface area contributed by atoms with E-state index in [0.717, 1.165) is 18.5 Å². The third kappa shape index (κ3) is 3.28. The Morgan fingerprint density at radius 3 is 2.60 bits per heavy atom. The van der Waals surface area contributed by atoms with Gasteiger partial charge in [0.05, 0.1) is 33.2 Å². The van der Waals surface area contributed by atoms with Gasteiger partial charge in [-0.15, -0.1) is 0 Å². The van der Waals surface area contributed by atoms with Crippen molar-refractivity contribution >= 4 is 16.5 Å². The molecule has 0 amide bonds. The lowest BCUT2D eigenvalue weighted by Gasteiger charge is -2.12. The van der Waals surface area contributed by atoms with E-state index >= 15 is 0 Å². The predicted octanol–water partition coefficient (Wildman–Crippen LogP) is 3.13. The average molecular weight is 291 g/mol. The van der Waals surface area contributed by atoms with Crippen molar-refractivity contribution in [3.63, 3.8) is 0 Å². The molecule has 0 spiro atoms. The van der Waals surface area contributed by atoms with Crippen molar-refractivity contribution in [2.75, 3.05) is 5.73 Å². The highest BCUT2D eigenvalue weighted by atomic mass is 32.2. The summed E-state index contributed by atoms with van der Waals surface area (Å²) in [5.74, 6) is 0.404. The minimum Gasteiger partial charge on any atom is -0.398 e. The normalized spacial score (nSPS) is 12.8. The fourth-order valence-electron chi connectivity index (χ4n) is 2.22. The fourth-order valence-corrected chi connectivity index (χ4v) is 3.36. The van der Waals surface area contributed by atoms with E-state index in [9.17, 15) is 4.21 Å². The molecule has 2 rings (SSSR count). The van der Waals surface area contributed by atoms with Gasteiger partial charge in [-0.1, -0.05) is 26.0 Å². The standard InChI is InChI=1S/C15H21N3OS/c1-3-13(4-2)18-10-9-12(17-18)11-20(19)15-8-6-5-7-14(15)16/h5-10,13H,3-4,11,16H2,1-2H3. The van der Waals surface area contributed by atoms with E-state index in [1.165, 1.54) is 0 Å². The van der Waals surface area contributed by atoms with Gasteiger partial charge in [-0.05, 0) is 31.0 Å². The van der Waals surface area contributed by atoms with Gasteiger partial charge in [0.2, 0.25) is 0 Å². The maximum atomic E-state index is 12.3. The zero-order chi connectivity index (χ0) is 14.5. The predicted molar refractivity (Wildman–Crippen MR) is 82.8 cm³/mol. The number of nitrogens with two attached hydrogens (primary N) is 1. The molecule has 108 valence electrons. The lowest BCUT2D eigenvalue weighted by molar-refractivity contribution is 0.426. The molecule has 1 aromatic carbocycles. The summed E-state index contributed by atoms with van der Waals surface area (Å²) in [6.07, 6.45) is 4.07. The summed E-state index contributed by atoms with van der Waals surface area (Å²) in [7, 11) is -1.15. The number of aromatic nitrogens is 2. The molecule has 0 saturated heterocycles. The summed E-state index contributed by atoms with van der Waals surface area (Å²) in [4.78, 5) is 0.685. The molecule has 1 heterocycles. The van der Waals surface area contributed by atoms with Gasteiger partial charge in [-0.25, -0.2) is 0 Å². The first-order valence-corrected chi connectivity index (χ1v) is 8.24. The van der Waals surface area contributed by atoms with Crippen molar-refractivity contribution in [1.29, 1.82) is 0 Å². The summed E-state index contributed by atoms with van der Waals surface area (Å²) < 4.78 is 14.3. The van der Waals surface area contributed by atoms with Gasteiger partial charge in [0.1, 0.15) is 0 Å². The average Bonchev–Trinajstić information content (AvgIpc) is 2.89. The number of nitrogen functional groups attached to an aromatic ring is 1. The van der Waals surface area contributed by atoms with Crippen LogP contribution in [0.2, 0.25) is 0 Å². The van der Waals surface area contributed by atoms with Crippen LogP contribution >= 0.6 is 0 Å². The van der Waals surface area contributed by atoms with Gasteiger partial charge < -0.3 is 5.73 Å². The first-order chi connectivity index (χ1) is 9.65. The maximum absolute atomic E-state index is 12.3. The highest BCUT2D eigenvalue weighted by Gasteiger charge is 2.12. The Morgan fingerprint density at radius 2 is 1.95 bits per heavy atom. The van der Waals surface area contributed by atoms with E-state index in [2.05, 4.69) is 18.9 Å². The molecule has 2 N–H and O–H groups in total. The van der Waals surface area contributed by atoms with Crippen LogP contribution in [0.3, 0.4) is 0 Å². The highest BCUT2D eigenvalue weighted by molar-refractivity contribution is 7.84. The molecule has 0 fully saturated rings. The van der Waals surface area contributed by atoms with E-state index in [-0.39, 0.29) is 0 Å². The zero-order valence-electron chi connectivity index (χ0n) is 12.0. The van der Waals surface area contributed by atoms with E-state index in [0.29, 0.717) is 22.4 Å². The van der Waals surface area contributed by atoms with Crippen LogP contribution in [0.1, 0.15) is 38.4 Å². The van der Waals surface area contributed by atoms with Crippen LogP contribution in [-0.4, -0.2) is 14.0 Å². The Morgan fingerprint density at radius 1 is 1.25 bits per heavy atom. The number of rotatable bonds is 6. The summed E-state index contributed by atoms with van der Waals surface area (Å²) >= 11 is 0. The molecule has 1 aromatic heterocycles. The molecule has 0 aliphatic heterocycles. The molecule has 20 heavy (non-hydrogen) atoms. The molecule has 4 nitrogen and oxygen atoms in total. The number of hydrogen-bond donors (Lipinski definition) is 1. The minimum atomic E-state index is -1.15. The van der Waals surface area contributed by atoms with E-state index in [1.54, 1.807) is 6.07 Å². The third-order valence-corrected chi connectivity index (χ3v) is 4.84. The van der Waals surface area contributed by atoms with Crippen LogP contribution < -0.4 is 5.73 Å². The minimum absolute atomic E-state index is 0.404. The van der Waals surface area contributed by atoms with Crippen molar-refractivity contribution in [2.24, 2.45) is 0 Å². The Bertz CT molecular complexity index is 590. The lowest BCUT2D eigenvalue weighted by atomic mass is 10.2. The summed E-state index contributed by atoms with van der Waals surface area (Å²) in [6, 6.07) is 9.64. The number of hydrogen-bond acceptors (Lipinski definition) is 3. The lowest BCUT2D eigenvalue weighted by Crippen LogP contribution is -2.08. The Labute approximate surface area is 122 Å². The molecule has 0 radical (unpaired) electrons.